The van der Waals surface area contributed by atoms with Crippen LogP contribution in [0.1, 0.15) is 16.2 Å². The van der Waals surface area contributed by atoms with Gasteiger partial charge in [-0.05, 0) is 31.2 Å². The summed E-state index contributed by atoms with van der Waals surface area (Å²) in [7, 11) is 0. The average Bonchev–Trinajstić information content (AvgIpc) is 2.55. The van der Waals surface area contributed by atoms with Crippen LogP contribution in [0.4, 0.5) is 32.0 Å². The Kier molecular flexibility index (Phi) is 5.43. The van der Waals surface area contributed by atoms with Gasteiger partial charge in [-0.1, -0.05) is 18.2 Å². The number of carbonyl (C=O) groups excluding carboxylic acids is 1. The van der Waals surface area contributed by atoms with Crippen molar-refractivity contribution in [3.63, 3.8) is 0 Å². The quantitative estimate of drug-likeness (QED) is 0.779. The highest BCUT2D eigenvalue weighted by atomic mass is 19.4. The molecule has 4 nitrogen and oxygen atoms in total. The average molecular weight is 378 g/mol. The lowest BCUT2D eigenvalue weighted by Crippen LogP contribution is -2.45. The Labute approximate surface area is 143 Å². The number of hydrogen-bond donors (Lipinski definition) is 1. The van der Waals surface area contributed by atoms with E-state index in [0.717, 1.165) is 12.1 Å². The second kappa shape index (κ2) is 7.22. The minimum atomic E-state index is -5.81. The van der Waals surface area contributed by atoms with Gasteiger partial charge in [0.2, 0.25) is 0 Å². The van der Waals surface area contributed by atoms with Crippen LogP contribution in [-0.4, -0.2) is 29.3 Å². The fourth-order valence-corrected chi connectivity index (χ4v) is 1.90. The summed E-state index contributed by atoms with van der Waals surface area (Å²) in [5.74, 6) is -1.63. The van der Waals surface area contributed by atoms with Crippen molar-refractivity contribution in [1.82, 2.24) is 4.98 Å². The molecule has 0 radical (unpaired) electrons. The molecule has 1 unspecified atom stereocenters. The van der Waals surface area contributed by atoms with Crippen molar-refractivity contribution in [2.75, 3.05) is 5.32 Å². The van der Waals surface area contributed by atoms with E-state index < -0.39 is 30.1 Å². The fraction of sp³-hybridized carbons (Fsp3) is 0.250. The van der Waals surface area contributed by atoms with Gasteiger partial charge < -0.3 is 10.1 Å². The molecule has 0 bridgehead atoms. The second-order valence-corrected chi connectivity index (χ2v) is 5.18. The number of anilines is 1. The molecular weight excluding hydrogens is 366 g/mol. The molecule has 140 valence electrons. The van der Waals surface area contributed by atoms with Crippen LogP contribution in [0.15, 0.2) is 42.5 Å². The first-order valence-electron chi connectivity index (χ1n) is 7.12. The van der Waals surface area contributed by atoms with E-state index >= 15 is 0 Å². The van der Waals surface area contributed by atoms with Crippen LogP contribution in [0.5, 0.6) is 5.75 Å². The van der Waals surface area contributed by atoms with Crippen LogP contribution in [0.25, 0.3) is 0 Å². The van der Waals surface area contributed by atoms with Gasteiger partial charge in [0.25, 0.3) is 12.1 Å². The molecule has 0 aliphatic heterocycles. The number of para-hydroxylation sites is 2. The van der Waals surface area contributed by atoms with Gasteiger partial charge in [-0.3, -0.25) is 4.79 Å². The smallest absolute Gasteiger partial charge is 0.428 e. The first kappa shape index (κ1) is 19.5. The van der Waals surface area contributed by atoms with E-state index in [4.69, 9.17) is 0 Å². The van der Waals surface area contributed by atoms with E-state index in [1.165, 1.54) is 24.3 Å². The number of nitrogens with one attached hydrogen (secondary N) is 1. The Hall–Kier alpha value is -2.78. The highest BCUT2D eigenvalue weighted by molar-refractivity contribution is 6.03. The monoisotopic (exact) mass is 378 g/mol. The number of ether oxygens (including phenoxy) is 1. The Balaban J connectivity index is 2.24. The molecule has 0 aliphatic rings. The number of halogens is 6. The molecule has 1 heterocycles. The van der Waals surface area contributed by atoms with E-state index in [2.05, 4.69) is 15.0 Å². The molecule has 1 aromatic carbocycles. The maximum atomic E-state index is 13.4. The number of pyridine rings is 1. The van der Waals surface area contributed by atoms with Crippen molar-refractivity contribution in [1.29, 1.82) is 0 Å². The van der Waals surface area contributed by atoms with Crippen molar-refractivity contribution >= 4 is 11.6 Å². The summed E-state index contributed by atoms with van der Waals surface area (Å²) in [6, 6.07) is 8.98. The summed E-state index contributed by atoms with van der Waals surface area (Å²) < 4.78 is 80.4. The molecule has 0 saturated heterocycles. The fourth-order valence-electron chi connectivity index (χ4n) is 1.90. The molecular formula is C16H12F6N2O2. The Bertz CT molecular complexity index is 794. The van der Waals surface area contributed by atoms with Gasteiger partial charge in [-0.15, -0.1) is 0 Å². The first-order valence-corrected chi connectivity index (χ1v) is 7.12. The van der Waals surface area contributed by atoms with E-state index in [1.807, 2.05) is 0 Å². The zero-order chi connectivity index (χ0) is 19.5. The highest BCUT2D eigenvalue weighted by Crippen LogP contribution is 2.38. The largest absolute Gasteiger partial charge is 0.439 e. The number of carbonyl (C=O) groups is 1. The standard InChI is InChI=1S/C16H12F6N2O2/c1-9-5-4-7-11(23-9)13(25)24-10-6-2-3-8-12(10)26-16(21,22)14(17)15(18,19)20/h2-8,14H,1H3,(H,24,25). The number of nitrogens with zero attached hydrogens (tertiary/aromatic N) is 1. The summed E-state index contributed by atoms with van der Waals surface area (Å²) >= 11 is 0. The lowest BCUT2D eigenvalue weighted by Gasteiger charge is -2.24. The normalized spacial score (nSPS) is 13.2. The van der Waals surface area contributed by atoms with Gasteiger partial charge in [0, 0.05) is 5.69 Å². The number of alkyl halides is 6. The Morgan fingerprint density at radius 1 is 1.08 bits per heavy atom. The lowest BCUT2D eigenvalue weighted by molar-refractivity contribution is -0.304. The maximum Gasteiger partial charge on any atom is 0.439 e. The van der Waals surface area contributed by atoms with E-state index in [0.29, 0.717) is 5.69 Å². The molecule has 0 aliphatic carbocycles. The summed E-state index contributed by atoms with van der Waals surface area (Å²) in [6.07, 6.45) is -15.5. The minimum Gasteiger partial charge on any atom is -0.428 e. The van der Waals surface area contributed by atoms with Gasteiger partial charge in [0.15, 0.2) is 0 Å². The van der Waals surface area contributed by atoms with Crippen LogP contribution >= 0.6 is 0 Å². The predicted molar refractivity (Wildman–Crippen MR) is 79.9 cm³/mol. The molecule has 0 fully saturated rings. The molecule has 1 aromatic heterocycles. The van der Waals surface area contributed by atoms with Crippen LogP contribution < -0.4 is 10.1 Å². The van der Waals surface area contributed by atoms with Gasteiger partial charge in [-0.2, -0.15) is 22.0 Å². The van der Waals surface area contributed by atoms with Crippen molar-refractivity contribution in [2.24, 2.45) is 0 Å². The molecule has 2 aromatic rings. The number of amides is 1. The summed E-state index contributed by atoms with van der Waals surface area (Å²) in [5, 5.41) is 2.19. The van der Waals surface area contributed by atoms with E-state index in [9.17, 15) is 31.1 Å². The summed E-state index contributed by atoms with van der Waals surface area (Å²) in [5.41, 5.74) is 0.0965. The molecule has 26 heavy (non-hydrogen) atoms. The number of rotatable bonds is 5. The third-order valence-electron chi connectivity index (χ3n) is 3.08. The molecule has 1 amide bonds. The van der Waals surface area contributed by atoms with Crippen molar-refractivity contribution in [3.8, 4) is 5.75 Å². The number of hydrogen-bond acceptors (Lipinski definition) is 3. The minimum absolute atomic E-state index is 0.0507. The molecule has 2 rings (SSSR count). The third kappa shape index (κ3) is 4.64. The molecule has 0 spiro atoms. The SMILES string of the molecule is Cc1cccc(C(=O)Nc2ccccc2OC(F)(F)C(F)C(F)(F)F)n1. The van der Waals surface area contributed by atoms with E-state index in [1.54, 1.807) is 13.0 Å². The molecule has 1 N–H and O–H groups in total. The second-order valence-electron chi connectivity index (χ2n) is 5.18. The van der Waals surface area contributed by atoms with Crippen LogP contribution in [0.3, 0.4) is 0 Å². The third-order valence-corrected chi connectivity index (χ3v) is 3.08. The Morgan fingerprint density at radius 2 is 1.73 bits per heavy atom. The molecule has 0 saturated carbocycles. The van der Waals surface area contributed by atoms with Crippen LogP contribution in [-0.2, 0) is 0 Å². The molecule has 10 heteroatoms. The van der Waals surface area contributed by atoms with Crippen LogP contribution in [0.2, 0.25) is 0 Å². The van der Waals surface area contributed by atoms with E-state index in [-0.39, 0.29) is 11.4 Å². The summed E-state index contributed by atoms with van der Waals surface area (Å²) in [6.45, 7) is 1.62. The maximum absolute atomic E-state index is 13.4. The predicted octanol–water partition coefficient (Wildman–Crippen LogP) is 4.51. The van der Waals surface area contributed by atoms with Crippen molar-refractivity contribution in [2.45, 2.75) is 25.4 Å². The molecule has 1 atom stereocenters. The lowest BCUT2D eigenvalue weighted by atomic mass is 10.2. The zero-order valence-corrected chi connectivity index (χ0v) is 13.2. The topological polar surface area (TPSA) is 51.2 Å². The van der Waals surface area contributed by atoms with Crippen LogP contribution in [0, 0.1) is 6.92 Å². The number of aromatic nitrogens is 1. The van der Waals surface area contributed by atoms with Gasteiger partial charge in [0.1, 0.15) is 11.4 Å². The van der Waals surface area contributed by atoms with Crippen molar-refractivity contribution < 1.29 is 35.9 Å². The van der Waals surface area contributed by atoms with Gasteiger partial charge >= 0.3 is 12.3 Å². The summed E-state index contributed by atoms with van der Waals surface area (Å²) in [4.78, 5) is 16.0. The Morgan fingerprint density at radius 3 is 2.35 bits per heavy atom. The zero-order valence-electron chi connectivity index (χ0n) is 13.2. The van der Waals surface area contributed by atoms with Gasteiger partial charge in [-0.25, -0.2) is 9.37 Å². The number of benzene rings is 1. The first-order chi connectivity index (χ1) is 12.0. The number of aryl methyl sites for hydroxylation is 1. The van der Waals surface area contributed by atoms with Gasteiger partial charge in [0.05, 0.1) is 5.69 Å². The highest BCUT2D eigenvalue weighted by Gasteiger charge is 2.59. The van der Waals surface area contributed by atoms with Crippen molar-refractivity contribution in [3.05, 3.63) is 53.9 Å².